The number of hydroxylamine groups is 1. The van der Waals surface area contributed by atoms with E-state index in [4.69, 9.17) is 10.4 Å². The minimum absolute atomic E-state index is 0.0532. The fraction of sp³-hybridized carbons (Fsp3) is 0.722. The Morgan fingerprint density at radius 2 is 2.11 bits per heavy atom. The minimum Gasteiger partial charge on any atom is -0.374 e. The third kappa shape index (κ3) is 8.13. The fourth-order valence-electron chi connectivity index (χ4n) is 2.34. The van der Waals surface area contributed by atoms with Crippen LogP contribution in [0.2, 0.25) is 0 Å². The molecule has 1 fully saturated rings. The standard InChI is InChI=1S/C18H30F2N4O3/c1-4-5-15(23-17(25)11(2)8-9-22-21)14(12(3)16(19)20)10-27-24-18(26)13-6-7-13/h5,11,13,16-17,21,23,25H,4,6-10H2,1-3H3,(H,24,26)/b14-12+,15-5+,22-21?/t11-,17?/m1/s1. The Morgan fingerprint density at radius 1 is 1.44 bits per heavy atom. The molecule has 1 amide bonds. The van der Waals surface area contributed by atoms with Crippen LogP contribution in [-0.2, 0) is 9.63 Å². The van der Waals surface area contributed by atoms with Gasteiger partial charge in [-0.25, -0.2) is 19.8 Å². The van der Waals surface area contributed by atoms with Gasteiger partial charge in [0.2, 0.25) is 5.91 Å². The van der Waals surface area contributed by atoms with Crippen molar-refractivity contribution in [1.29, 1.82) is 5.53 Å². The second-order valence-electron chi connectivity index (χ2n) is 6.75. The summed E-state index contributed by atoms with van der Waals surface area (Å²) in [7, 11) is 0. The van der Waals surface area contributed by atoms with Gasteiger partial charge in [-0.05, 0) is 38.2 Å². The lowest BCUT2D eigenvalue weighted by Crippen LogP contribution is -2.36. The Bertz CT molecular complexity index is 563. The summed E-state index contributed by atoms with van der Waals surface area (Å²) in [6.07, 6.45) is 0.666. The third-order valence-corrected chi connectivity index (χ3v) is 4.41. The highest BCUT2D eigenvalue weighted by Gasteiger charge is 2.30. The molecular formula is C18H30F2N4O3. The summed E-state index contributed by atoms with van der Waals surface area (Å²) in [6, 6.07) is 0. The summed E-state index contributed by atoms with van der Waals surface area (Å²) in [4.78, 5) is 16.8. The summed E-state index contributed by atoms with van der Waals surface area (Å²) in [6.45, 7) is 4.97. The molecule has 4 N–H and O–H groups in total. The van der Waals surface area contributed by atoms with Crippen molar-refractivity contribution in [2.75, 3.05) is 13.2 Å². The number of carbonyl (C=O) groups is 1. The second-order valence-corrected chi connectivity index (χ2v) is 6.75. The Labute approximate surface area is 158 Å². The van der Waals surface area contributed by atoms with Crippen LogP contribution in [0.4, 0.5) is 8.78 Å². The maximum atomic E-state index is 13.3. The summed E-state index contributed by atoms with van der Waals surface area (Å²) in [5, 5.41) is 16.5. The van der Waals surface area contributed by atoms with E-state index in [0.717, 1.165) is 12.8 Å². The SMILES string of the molecule is CC/C=C(NC(O)[C@H](C)CCN=N)\C(CONC(=O)C1CC1)=C(/C)C(F)F. The van der Waals surface area contributed by atoms with Crippen LogP contribution < -0.4 is 10.8 Å². The normalized spacial score (nSPS) is 18.0. The molecule has 1 unspecified atom stereocenters. The van der Waals surface area contributed by atoms with Crippen LogP contribution in [0, 0.1) is 17.4 Å². The highest BCUT2D eigenvalue weighted by molar-refractivity contribution is 5.79. The lowest BCUT2D eigenvalue weighted by molar-refractivity contribution is -0.134. The van der Waals surface area contributed by atoms with E-state index in [1.165, 1.54) is 6.92 Å². The molecule has 1 aliphatic rings. The molecule has 0 spiro atoms. The monoisotopic (exact) mass is 388 g/mol. The van der Waals surface area contributed by atoms with E-state index in [1.54, 1.807) is 13.0 Å². The van der Waals surface area contributed by atoms with E-state index in [0.29, 0.717) is 18.5 Å². The van der Waals surface area contributed by atoms with Crippen molar-refractivity contribution in [1.82, 2.24) is 10.8 Å². The van der Waals surface area contributed by atoms with Gasteiger partial charge in [0.15, 0.2) is 0 Å². The van der Waals surface area contributed by atoms with E-state index >= 15 is 0 Å². The predicted molar refractivity (Wildman–Crippen MR) is 96.8 cm³/mol. The van der Waals surface area contributed by atoms with Gasteiger partial charge in [-0.15, -0.1) is 0 Å². The van der Waals surface area contributed by atoms with E-state index in [-0.39, 0.29) is 42.0 Å². The highest BCUT2D eigenvalue weighted by Crippen LogP contribution is 2.28. The molecule has 2 atom stereocenters. The third-order valence-electron chi connectivity index (χ3n) is 4.41. The van der Waals surface area contributed by atoms with Crippen LogP contribution in [0.1, 0.15) is 46.5 Å². The van der Waals surface area contributed by atoms with Gasteiger partial charge in [0.05, 0.1) is 6.54 Å². The van der Waals surface area contributed by atoms with Crippen LogP contribution in [0.25, 0.3) is 0 Å². The van der Waals surface area contributed by atoms with Crippen molar-refractivity contribution in [2.45, 2.75) is 59.1 Å². The van der Waals surface area contributed by atoms with E-state index in [9.17, 15) is 18.7 Å². The van der Waals surface area contributed by atoms with Crippen molar-refractivity contribution >= 4 is 5.91 Å². The average Bonchev–Trinajstić information content (AvgIpc) is 3.47. The number of amides is 1. The maximum absolute atomic E-state index is 13.3. The molecule has 0 heterocycles. The van der Waals surface area contributed by atoms with Crippen LogP contribution in [-0.4, -0.2) is 36.8 Å². The summed E-state index contributed by atoms with van der Waals surface area (Å²) in [5.74, 6) is -0.531. The molecule has 154 valence electrons. The first-order valence-electron chi connectivity index (χ1n) is 9.19. The molecule has 27 heavy (non-hydrogen) atoms. The van der Waals surface area contributed by atoms with Crippen molar-refractivity contribution in [3.8, 4) is 0 Å². The Balaban J connectivity index is 2.85. The average molecular weight is 388 g/mol. The van der Waals surface area contributed by atoms with Crippen LogP contribution >= 0.6 is 0 Å². The topological polar surface area (TPSA) is 107 Å². The van der Waals surface area contributed by atoms with Gasteiger partial charge in [-0.3, -0.25) is 9.63 Å². The van der Waals surface area contributed by atoms with Gasteiger partial charge in [0.1, 0.15) is 12.8 Å². The predicted octanol–water partition coefficient (Wildman–Crippen LogP) is 3.28. The molecule has 0 aromatic rings. The molecule has 0 aliphatic heterocycles. The first-order chi connectivity index (χ1) is 12.8. The Kier molecular flexibility index (Phi) is 10.1. The largest absolute Gasteiger partial charge is 0.374 e. The summed E-state index contributed by atoms with van der Waals surface area (Å²) < 4.78 is 26.6. The number of aliphatic hydroxyl groups excluding tert-OH is 1. The molecule has 0 saturated heterocycles. The van der Waals surface area contributed by atoms with Crippen molar-refractivity contribution in [3.05, 3.63) is 22.9 Å². The zero-order chi connectivity index (χ0) is 20.4. The van der Waals surface area contributed by atoms with Crippen LogP contribution in [0.3, 0.4) is 0 Å². The second kappa shape index (κ2) is 11.8. The van der Waals surface area contributed by atoms with E-state index in [2.05, 4.69) is 15.9 Å². The van der Waals surface area contributed by atoms with E-state index in [1.807, 2.05) is 6.92 Å². The zero-order valence-electron chi connectivity index (χ0n) is 16.1. The quantitative estimate of drug-likeness (QED) is 0.168. The molecule has 0 radical (unpaired) electrons. The summed E-state index contributed by atoms with van der Waals surface area (Å²) >= 11 is 0. The number of halogens is 2. The van der Waals surface area contributed by atoms with Crippen LogP contribution in [0.15, 0.2) is 28.0 Å². The first-order valence-corrected chi connectivity index (χ1v) is 9.19. The lowest BCUT2D eigenvalue weighted by Gasteiger charge is -2.25. The number of hydrogen-bond donors (Lipinski definition) is 4. The number of aliphatic hydroxyl groups is 1. The molecule has 1 rings (SSSR count). The number of hydrogen-bond acceptors (Lipinski definition) is 6. The molecule has 0 bridgehead atoms. The number of nitrogens with one attached hydrogen (secondary N) is 3. The van der Waals surface area contributed by atoms with Gasteiger partial charge < -0.3 is 10.4 Å². The minimum atomic E-state index is -2.69. The Morgan fingerprint density at radius 3 is 2.63 bits per heavy atom. The van der Waals surface area contributed by atoms with Crippen molar-refractivity contribution < 1.29 is 23.5 Å². The number of allylic oxidation sites excluding steroid dienone is 2. The molecule has 0 aromatic carbocycles. The molecule has 0 aromatic heterocycles. The van der Waals surface area contributed by atoms with Crippen molar-refractivity contribution in [3.63, 3.8) is 0 Å². The van der Waals surface area contributed by atoms with Gasteiger partial charge in [-0.2, -0.15) is 5.11 Å². The molecule has 1 saturated carbocycles. The molecular weight excluding hydrogens is 358 g/mol. The molecule has 9 heteroatoms. The summed E-state index contributed by atoms with van der Waals surface area (Å²) in [5.41, 5.74) is 9.48. The number of carbonyl (C=O) groups excluding carboxylic acids is 1. The highest BCUT2D eigenvalue weighted by atomic mass is 19.3. The molecule has 1 aliphatic carbocycles. The smallest absolute Gasteiger partial charge is 0.260 e. The molecule has 7 nitrogen and oxygen atoms in total. The fourth-order valence-corrected chi connectivity index (χ4v) is 2.34. The van der Waals surface area contributed by atoms with Gasteiger partial charge in [-0.1, -0.05) is 19.9 Å². The number of rotatable bonds is 13. The first kappa shape index (κ1) is 23.2. The number of nitrogens with zero attached hydrogens (tertiary/aromatic N) is 1. The Hall–Kier alpha value is -1.87. The zero-order valence-corrected chi connectivity index (χ0v) is 16.1. The maximum Gasteiger partial charge on any atom is 0.260 e. The van der Waals surface area contributed by atoms with E-state index < -0.39 is 12.7 Å². The van der Waals surface area contributed by atoms with Gasteiger partial charge in [0.25, 0.3) is 6.43 Å². The van der Waals surface area contributed by atoms with Gasteiger partial charge >= 0.3 is 0 Å². The van der Waals surface area contributed by atoms with Crippen LogP contribution in [0.5, 0.6) is 0 Å². The lowest BCUT2D eigenvalue weighted by atomic mass is 10.0. The number of alkyl halides is 2. The van der Waals surface area contributed by atoms with Crippen molar-refractivity contribution in [2.24, 2.45) is 17.0 Å². The van der Waals surface area contributed by atoms with Gasteiger partial charge in [0, 0.05) is 23.1 Å².